The Bertz CT molecular complexity index is 982. The summed E-state index contributed by atoms with van der Waals surface area (Å²) in [5.41, 5.74) is 1.64. The molecule has 3 heterocycles. The Balaban J connectivity index is 1.75. The molecular weight excluding hydrogens is 383 g/mol. The molecule has 0 spiro atoms. The van der Waals surface area contributed by atoms with Gasteiger partial charge >= 0.3 is 6.18 Å². The molecule has 0 unspecified atom stereocenters. The van der Waals surface area contributed by atoms with Crippen LogP contribution in [0.1, 0.15) is 31.0 Å². The summed E-state index contributed by atoms with van der Waals surface area (Å²) in [4.78, 5) is 4.31. The minimum absolute atomic E-state index is 0.209. The van der Waals surface area contributed by atoms with Crippen LogP contribution in [0.4, 0.5) is 13.2 Å². The van der Waals surface area contributed by atoms with E-state index in [-0.39, 0.29) is 12.2 Å². The van der Waals surface area contributed by atoms with E-state index in [0.717, 1.165) is 12.1 Å². The van der Waals surface area contributed by atoms with Crippen LogP contribution in [0.5, 0.6) is 0 Å². The second-order valence-corrected chi connectivity index (χ2v) is 6.76. The molecule has 0 bridgehead atoms. The second-order valence-electron chi connectivity index (χ2n) is 6.36. The second kappa shape index (κ2) is 6.47. The topological polar surface area (TPSA) is 48.7 Å². The maximum atomic E-state index is 12.8. The normalized spacial score (nSPS) is 21.3. The lowest BCUT2D eigenvalue weighted by molar-refractivity contribution is -0.382. The highest BCUT2D eigenvalue weighted by Crippen LogP contribution is 2.36. The molecule has 0 N–H and O–H groups in total. The van der Waals surface area contributed by atoms with Gasteiger partial charge in [-0.25, -0.2) is 9.50 Å². The zero-order valence-electron chi connectivity index (χ0n) is 14.4. The summed E-state index contributed by atoms with van der Waals surface area (Å²) in [6.45, 7) is 3.69. The Morgan fingerprint density at radius 1 is 1.15 bits per heavy atom. The van der Waals surface area contributed by atoms with Crippen LogP contribution in [-0.4, -0.2) is 27.2 Å². The maximum absolute atomic E-state index is 12.8. The first-order valence-corrected chi connectivity index (χ1v) is 8.64. The molecule has 1 aliphatic rings. The first kappa shape index (κ1) is 18.2. The number of hydrogen-bond acceptors (Lipinski definition) is 4. The standard InChI is InChI=1S/C18H15ClF3N3O2/c1-9(17-26-10(2)27-17)15-14(19)8-23-16-13(7-24-25(15)16)11-3-5-12(6-4-11)18(20,21)22/h3-10,17H,1-2H3/t9-,10?,17?/m0/s1. The third kappa shape index (κ3) is 3.18. The molecule has 4 rings (SSSR count). The van der Waals surface area contributed by atoms with Crippen molar-refractivity contribution in [1.82, 2.24) is 14.6 Å². The number of rotatable bonds is 3. The molecule has 0 saturated carbocycles. The third-order valence-corrected chi connectivity index (χ3v) is 4.82. The molecule has 0 amide bonds. The number of aromatic nitrogens is 3. The Labute approximate surface area is 157 Å². The average Bonchev–Trinajstić information content (AvgIpc) is 3.01. The Morgan fingerprint density at radius 3 is 2.41 bits per heavy atom. The van der Waals surface area contributed by atoms with Gasteiger partial charge in [0.15, 0.2) is 18.2 Å². The first-order chi connectivity index (χ1) is 12.8. The number of fused-ring (bicyclic) bond motifs is 1. The molecule has 1 atom stereocenters. The molecule has 2 aromatic heterocycles. The summed E-state index contributed by atoms with van der Waals surface area (Å²) in [5, 5.41) is 4.75. The van der Waals surface area contributed by atoms with Crippen molar-refractivity contribution >= 4 is 17.2 Å². The van der Waals surface area contributed by atoms with Gasteiger partial charge in [-0.15, -0.1) is 0 Å². The largest absolute Gasteiger partial charge is 0.416 e. The van der Waals surface area contributed by atoms with E-state index in [1.807, 2.05) is 6.92 Å². The van der Waals surface area contributed by atoms with Gasteiger partial charge in [-0.1, -0.05) is 30.7 Å². The van der Waals surface area contributed by atoms with Crippen molar-refractivity contribution < 1.29 is 22.6 Å². The van der Waals surface area contributed by atoms with Gasteiger partial charge < -0.3 is 9.47 Å². The number of ether oxygens (including phenoxy) is 2. The SMILES string of the molecule is CC1OC([C@@H](C)c2c(Cl)cnc3c(-c4ccc(C(F)(F)F)cc4)cnn23)O1. The number of alkyl halides is 3. The lowest BCUT2D eigenvalue weighted by Crippen LogP contribution is -2.42. The predicted molar refractivity (Wildman–Crippen MR) is 92.3 cm³/mol. The molecule has 1 aromatic carbocycles. The van der Waals surface area contributed by atoms with Crippen molar-refractivity contribution in [1.29, 1.82) is 0 Å². The van der Waals surface area contributed by atoms with E-state index < -0.39 is 18.0 Å². The summed E-state index contributed by atoms with van der Waals surface area (Å²) in [5.74, 6) is -0.209. The van der Waals surface area contributed by atoms with Gasteiger partial charge in [-0.3, -0.25) is 0 Å². The highest BCUT2D eigenvalue weighted by Gasteiger charge is 2.35. The van der Waals surface area contributed by atoms with Gasteiger partial charge in [0.2, 0.25) is 0 Å². The van der Waals surface area contributed by atoms with Crippen LogP contribution in [0.15, 0.2) is 36.7 Å². The number of benzene rings is 1. The van der Waals surface area contributed by atoms with E-state index in [4.69, 9.17) is 21.1 Å². The van der Waals surface area contributed by atoms with Crippen LogP contribution >= 0.6 is 11.6 Å². The molecule has 1 fully saturated rings. The molecule has 27 heavy (non-hydrogen) atoms. The number of hydrogen-bond donors (Lipinski definition) is 0. The van der Waals surface area contributed by atoms with Gasteiger partial charge in [0.05, 0.1) is 28.4 Å². The summed E-state index contributed by atoms with van der Waals surface area (Å²) in [6, 6.07) is 4.88. The zero-order valence-corrected chi connectivity index (χ0v) is 15.1. The Hall–Kier alpha value is -2.16. The lowest BCUT2D eigenvalue weighted by atomic mass is 10.0. The number of nitrogens with zero attached hydrogens (tertiary/aromatic N) is 3. The fourth-order valence-corrected chi connectivity index (χ4v) is 3.43. The van der Waals surface area contributed by atoms with Crippen LogP contribution in [0.3, 0.4) is 0 Å². The summed E-state index contributed by atoms with van der Waals surface area (Å²) >= 11 is 6.33. The van der Waals surface area contributed by atoms with E-state index in [1.165, 1.54) is 18.3 Å². The molecule has 1 aliphatic heterocycles. The van der Waals surface area contributed by atoms with Crippen LogP contribution in [0.2, 0.25) is 5.02 Å². The van der Waals surface area contributed by atoms with E-state index >= 15 is 0 Å². The minimum atomic E-state index is -4.38. The molecule has 0 radical (unpaired) electrons. The van der Waals surface area contributed by atoms with Gasteiger partial charge in [0.25, 0.3) is 0 Å². The average molecular weight is 398 g/mol. The number of halogens is 4. The van der Waals surface area contributed by atoms with Crippen LogP contribution < -0.4 is 0 Å². The van der Waals surface area contributed by atoms with E-state index in [9.17, 15) is 13.2 Å². The van der Waals surface area contributed by atoms with Gasteiger partial charge in [-0.05, 0) is 24.6 Å². The Kier molecular flexibility index (Phi) is 4.37. The van der Waals surface area contributed by atoms with Crippen molar-refractivity contribution in [2.45, 2.75) is 38.5 Å². The lowest BCUT2D eigenvalue weighted by Gasteiger charge is -2.37. The van der Waals surface area contributed by atoms with E-state index in [1.54, 1.807) is 17.6 Å². The summed E-state index contributed by atoms with van der Waals surface area (Å²) in [7, 11) is 0. The van der Waals surface area contributed by atoms with E-state index in [0.29, 0.717) is 27.5 Å². The van der Waals surface area contributed by atoms with Crippen LogP contribution in [0.25, 0.3) is 16.8 Å². The molecule has 9 heteroatoms. The molecular formula is C18H15ClF3N3O2. The monoisotopic (exact) mass is 397 g/mol. The first-order valence-electron chi connectivity index (χ1n) is 8.26. The molecule has 0 aliphatic carbocycles. The van der Waals surface area contributed by atoms with Gasteiger partial charge in [-0.2, -0.15) is 18.3 Å². The smallest absolute Gasteiger partial charge is 0.323 e. The third-order valence-electron chi connectivity index (χ3n) is 4.53. The molecule has 3 aromatic rings. The van der Waals surface area contributed by atoms with Crippen LogP contribution in [-0.2, 0) is 15.7 Å². The van der Waals surface area contributed by atoms with Crippen molar-refractivity contribution in [2.75, 3.05) is 0 Å². The van der Waals surface area contributed by atoms with Crippen molar-refractivity contribution in [3.8, 4) is 11.1 Å². The zero-order chi connectivity index (χ0) is 19.3. The Morgan fingerprint density at radius 2 is 1.81 bits per heavy atom. The van der Waals surface area contributed by atoms with Crippen molar-refractivity contribution in [3.63, 3.8) is 0 Å². The van der Waals surface area contributed by atoms with Crippen molar-refractivity contribution in [3.05, 3.63) is 52.9 Å². The molecule has 5 nitrogen and oxygen atoms in total. The highest BCUT2D eigenvalue weighted by molar-refractivity contribution is 6.31. The predicted octanol–water partition coefficient (Wildman–Crippen LogP) is 4.89. The fourth-order valence-electron chi connectivity index (χ4n) is 3.13. The highest BCUT2D eigenvalue weighted by atomic mass is 35.5. The summed E-state index contributed by atoms with van der Waals surface area (Å²) < 4.78 is 51.0. The van der Waals surface area contributed by atoms with Gasteiger partial charge in [0, 0.05) is 11.8 Å². The van der Waals surface area contributed by atoms with Crippen LogP contribution in [0, 0.1) is 0 Å². The van der Waals surface area contributed by atoms with E-state index in [2.05, 4.69) is 10.1 Å². The van der Waals surface area contributed by atoms with Crippen molar-refractivity contribution in [2.24, 2.45) is 0 Å². The maximum Gasteiger partial charge on any atom is 0.416 e. The summed E-state index contributed by atoms with van der Waals surface area (Å²) in [6.07, 6.45) is -2.04. The molecule has 1 saturated heterocycles. The quantitative estimate of drug-likeness (QED) is 0.631. The van der Waals surface area contributed by atoms with Gasteiger partial charge in [0.1, 0.15) is 0 Å². The molecule has 142 valence electrons. The minimum Gasteiger partial charge on any atom is -0.323 e. The fraction of sp³-hybridized carbons (Fsp3) is 0.333.